The molecule has 0 radical (unpaired) electrons. The summed E-state index contributed by atoms with van der Waals surface area (Å²) in [5.74, 6) is 1.72. The van der Waals surface area contributed by atoms with Crippen LogP contribution in [0.5, 0.6) is 0 Å². The molecular formula is C11H12N6S. The van der Waals surface area contributed by atoms with E-state index in [4.69, 9.17) is 5.73 Å². The Morgan fingerprint density at radius 1 is 1.39 bits per heavy atom. The number of anilines is 3. The molecule has 0 fully saturated rings. The lowest BCUT2D eigenvalue weighted by molar-refractivity contribution is 0.662. The van der Waals surface area contributed by atoms with E-state index in [0.717, 1.165) is 22.6 Å². The van der Waals surface area contributed by atoms with E-state index in [1.54, 1.807) is 11.3 Å². The molecule has 3 aromatic rings. The number of rotatable bonds is 3. The lowest BCUT2D eigenvalue weighted by atomic mass is 10.4. The fourth-order valence-corrected chi connectivity index (χ4v) is 2.47. The molecule has 18 heavy (non-hydrogen) atoms. The van der Waals surface area contributed by atoms with Crippen molar-refractivity contribution in [3.05, 3.63) is 23.7 Å². The lowest BCUT2D eigenvalue weighted by Gasteiger charge is -2.04. The van der Waals surface area contributed by atoms with Gasteiger partial charge in [0.1, 0.15) is 0 Å². The summed E-state index contributed by atoms with van der Waals surface area (Å²) in [7, 11) is 0. The highest BCUT2D eigenvalue weighted by molar-refractivity contribution is 7.17. The Bertz CT molecular complexity index is 686. The van der Waals surface area contributed by atoms with E-state index < -0.39 is 0 Å². The second kappa shape index (κ2) is 4.26. The van der Waals surface area contributed by atoms with E-state index in [1.807, 2.05) is 35.3 Å². The predicted octanol–water partition coefficient (Wildman–Crippen LogP) is 2.23. The maximum absolute atomic E-state index is 5.69. The largest absolute Gasteiger partial charge is 0.368 e. The molecule has 3 N–H and O–H groups in total. The molecule has 0 aliphatic carbocycles. The van der Waals surface area contributed by atoms with Crippen LogP contribution in [0.25, 0.3) is 10.2 Å². The molecule has 0 aliphatic rings. The number of hydrogen-bond donors (Lipinski definition) is 2. The molecule has 3 rings (SSSR count). The number of aromatic nitrogens is 4. The average Bonchev–Trinajstić information content (AvgIpc) is 2.97. The van der Waals surface area contributed by atoms with Gasteiger partial charge in [0.2, 0.25) is 5.95 Å². The highest BCUT2D eigenvalue weighted by Gasteiger charge is 2.08. The molecule has 0 aliphatic heterocycles. The lowest BCUT2D eigenvalue weighted by Crippen LogP contribution is -2.01. The molecule has 0 aromatic carbocycles. The number of nitrogen functional groups attached to an aromatic ring is 1. The minimum absolute atomic E-state index is 0.262. The molecule has 0 amide bonds. The highest BCUT2D eigenvalue weighted by Crippen LogP contribution is 2.28. The van der Waals surface area contributed by atoms with E-state index in [-0.39, 0.29) is 5.95 Å². The Hall–Kier alpha value is -2.15. The number of hydrogen-bond acceptors (Lipinski definition) is 6. The van der Waals surface area contributed by atoms with Gasteiger partial charge in [0.25, 0.3) is 0 Å². The third-order valence-corrected chi connectivity index (χ3v) is 3.44. The summed E-state index contributed by atoms with van der Waals surface area (Å²) in [6.45, 7) is 2.87. The fourth-order valence-electron chi connectivity index (χ4n) is 1.69. The van der Waals surface area contributed by atoms with Crippen molar-refractivity contribution in [1.82, 2.24) is 19.7 Å². The molecule has 0 atom stereocenters. The Balaban J connectivity index is 2.00. The number of fused-ring (bicyclic) bond motifs is 1. The van der Waals surface area contributed by atoms with Crippen molar-refractivity contribution in [3.8, 4) is 0 Å². The molecule has 92 valence electrons. The van der Waals surface area contributed by atoms with Gasteiger partial charge in [0.15, 0.2) is 11.6 Å². The van der Waals surface area contributed by atoms with Crippen molar-refractivity contribution >= 4 is 39.1 Å². The van der Waals surface area contributed by atoms with Crippen LogP contribution in [-0.2, 0) is 6.54 Å². The summed E-state index contributed by atoms with van der Waals surface area (Å²) < 4.78 is 2.83. The van der Waals surface area contributed by atoms with Gasteiger partial charge in [0, 0.05) is 18.8 Å². The number of aryl methyl sites for hydroxylation is 1. The third-order valence-electron chi connectivity index (χ3n) is 2.53. The molecule has 3 heterocycles. The summed E-state index contributed by atoms with van der Waals surface area (Å²) in [4.78, 5) is 8.39. The van der Waals surface area contributed by atoms with Crippen molar-refractivity contribution in [2.75, 3.05) is 11.1 Å². The van der Waals surface area contributed by atoms with Crippen molar-refractivity contribution in [3.63, 3.8) is 0 Å². The van der Waals surface area contributed by atoms with Crippen LogP contribution in [0.2, 0.25) is 0 Å². The first-order chi connectivity index (χ1) is 8.76. The molecule has 3 aromatic heterocycles. The minimum Gasteiger partial charge on any atom is -0.368 e. The van der Waals surface area contributed by atoms with Crippen LogP contribution >= 0.6 is 11.3 Å². The zero-order valence-corrected chi connectivity index (χ0v) is 10.6. The maximum atomic E-state index is 5.69. The Kier molecular flexibility index (Phi) is 2.60. The number of thiophene rings is 1. The zero-order valence-electron chi connectivity index (χ0n) is 9.79. The van der Waals surface area contributed by atoms with Crippen molar-refractivity contribution in [2.45, 2.75) is 13.5 Å². The second-order valence-electron chi connectivity index (χ2n) is 3.75. The zero-order chi connectivity index (χ0) is 12.5. The second-order valence-corrected chi connectivity index (χ2v) is 4.66. The van der Waals surface area contributed by atoms with E-state index in [1.165, 1.54) is 0 Å². The van der Waals surface area contributed by atoms with Crippen molar-refractivity contribution in [2.24, 2.45) is 0 Å². The van der Waals surface area contributed by atoms with Crippen LogP contribution < -0.4 is 11.1 Å². The monoisotopic (exact) mass is 260 g/mol. The summed E-state index contributed by atoms with van der Waals surface area (Å²) in [5.41, 5.74) is 6.54. The van der Waals surface area contributed by atoms with E-state index in [9.17, 15) is 0 Å². The Labute approximate surface area is 107 Å². The van der Waals surface area contributed by atoms with Gasteiger partial charge in [-0.25, -0.2) is 4.98 Å². The van der Waals surface area contributed by atoms with Gasteiger partial charge < -0.3 is 11.1 Å². The number of nitrogens with two attached hydrogens (primary N) is 1. The van der Waals surface area contributed by atoms with Crippen molar-refractivity contribution in [1.29, 1.82) is 0 Å². The average molecular weight is 260 g/mol. The Morgan fingerprint density at radius 3 is 3.06 bits per heavy atom. The first-order valence-corrected chi connectivity index (χ1v) is 6.45. The van der Waals surface area contributed by atoms with E-state index in [0.29, 0.717) is 5.82 Å². The molecule has 0 saturated carbocycles. The summed E-state index contributed by atoms with van der Waals surface area (Å²) in [5, 5.41) is 9.50. The van der Waals surface area contributed by atoms with Crippen LogP contribution in [-0.4, -0.2) is 19.7 Å². The predicted molar refractivity (Wildman–Crippen MR) is 73.0 cm³/mol. The summed E-state index contributed by atoms with van der Waals surface area (Å²) >= 11 is 1.58. The van der Waals surface area contributed by atoms with Gasteiger partial charge in [-0.05, 0) is 18.4 Å². The first-order valence-electron chi connectivity index (χ1n) is 5.57. The van der Waals surface area contributed by atoms with Crippen LogP contribution in [0.1, 0.15) is 6.92 Å². The molecule has 7 heteroatoms. The van der Waals surface area contributed by atoms with Gasteiger partial charge >= 0.3 is 0 Å². The molecule has 0 bridgehead atoms. The van der Waals surface area contributed by atoms with Gasteiger partial charge in [-0.3, -0.25) is 4.68 Å². The van der Waals surface area contributed by atoms with Crippen LogP contribution in [0.4, 0.5) is 17.6 Å². The van der Waals surface area contributed by atoms with Gasteiger partial charge in [0.05, 0.1) is 10.2 Å². The van der Waals surface area contributed by atoms with Gasteiger partial charge in [-0.15, -0.1) is 11.3 Å². The normalized spacial score (nSPS) is 10.9. The van der Waals surface area contributed by atoms with Crippen molar-refractivity contribution < 1.29 is 0 Å². The van der Waals surface area contributed by atoms with Crippen LogP contribution in [0.3, 0.4) is 0 Å². The van der Waals surface area contributed by atoms with E-state index >= 15 is 0 Å². The third kappa shape index (κ3) is 1.88. The smallest absolute Gasteiger partial charge is 0.222 e. The minimum atomic E-state index is 0.262. The van der Waals surface area contributed by atoms with Gasteiger partial charge in [-0.2, -0.15) is 10.1 Å². The molecular weight excluding hydrogens is 248 g/mol. The maximum Gasteiger partial charge on any atom is 0.222 e. The van der Waals surface area contributed by atoms with E-state index in [2.05, 4.69) is 20.4 Å². The van der Waals surface area contributed by atoms with Gasteiger partial charge in [-0.1, -0.05) is 0 Å². The number of nitrogens with zero attached hydrogens (tertiary/aromatic N) is 4. The summed E-state index contributed by atoms with van der Waals surface area (Å²) in [6, 6.07) is 3.83. The van der Waals surface area contributed by atoms with Crippen LogP contribution in [0, 0.1) is 0 Å². The van der Waals surface area contributed by atoms with Crippen LogP contribution in [0.15, 0.2) is 23.7 Å². The fraction of sp³-hybridized carbons (Fsp3) is 0.182. The highest BCUT2D eigenvalue weighted by atomic mass is 32.1. The first kappa shape index (κ1) is 11.0. The topological polar surface area (TPSA) is 81.7 Å². The SMILES string of the molecule is CCn1ccc(Nc2nc(N)nc3ccsc23)n1. The standard InChI is InChI=1S/C11H12N6S/c1-2-17-5-3-8(16-17)14-10-9-7(4-6-18-9)13-11(12)15-10/h3-6H,2H2,1H3,(H3,12,13,14,15,16). The molecule has 0 saturated heterocycles. The number of nitrogens with one attached hydrogen (secondary N) is 1. The quantitative estimate of drug-likeness (QED) is 0.754. The summed E-state index contributed by atoms with van der Waals surface area (Å²) in [6.07, 6.45) is 1.92. The Morgan fingerprint density at radius 2 is 2.28 bits per heavy atom. The molecule has 0 spiro atoms. The molecule has 6 nitrogen and oxygen atoms in total. The molecule has 0 unspecified atom stereocenters.